The molecule has 240 valence electrons. The van der Waals surface area contributed by atoms with Crippen LogP contribution in [0.5, 0.6) is 0 Å². The van der Waals surface area contributed by atoms with E-state index in [-0.39, 0.29) is 22.5 Å². The van der Waals surface area contributed by atoms with Crippen LogP contribution in [-0.4, -0.2) is 75.0 Å². The first-order chi connectivity index (χ1) is 19.8. The molecule has 4 aliphatic carbocycles. The molecule has 0 amide bonds. The van der Waals surface area contributed by atoms with Crippen molar-refractivity contribution in [1.29, 1.82) is 0 Å². The van der Waals surface area contributed by atoms with Crippen LogP contribution in [0.15, 0.2) is 12.2 Å². The Hall–Kier alpha value is -0.580. The zero-order valence-electron chi connectivity index (χ0n) is 26.6. The van der Waals surface area contributed by atoms with Crippen molar-refractivity contribution in [2.24, 2.45) is 46.3 Å². The SMILES string of the molecule is CC(C)[C@@H](C)/C=C/[C@@H](C)[C@H]1CC[C@@H]2[C@]1(C)CC[C@H]1[C@]23CC[C@]2(C[C@@H](O[C@@H]4O[C@H](CO)[C@@H](O)[C@H](O)[C@H]4O)CC[C@]12C)OO3. The molecule has 7 rings (SSSR count). The number of allylic oxidation sites excluding steroid dienone is 2. The molecule has 2 bridgehead atoms. The predicted octanol–water partition coefficient (Wildman–Crippen LogP) is 4.52. The van der Waals surface area contributed by atoms with E-state index < -0.39 is 42.9 Å². The summed E-state index contributed by atoms with van der Waals surface area (Å²) in [6, 6.07) is 0. The lowest BCUT2D eigenvalue weighted by atomic mass is 9.40. The highest BCUT2D eigenvalue weighted by atomic mass is 17.2. The Morgan fingerprint density at radius 1 is 0.833 bits per heavy atom. The number of aliphatic hydroxyl groups excluding tert-OH is 4. The fourth-order valence-corrected chi connectivity index (χ4v) is 10.8. The second-order valence-corrected chi connectivity index (χ2v) is 15.9. The van der Waals surface area contributed by atoms with Crippen molar-refractivity contribution in [1.82, 2.24) is 0 Å². The molecule has 7 fully saturated rings. The number of hydrogen-bond donors (Lipinski definition) is 4. The predicted molar refractivity (Wildman–Crippen MR) is 157 cm³/mol. The molecular weight excluding hydrogens is 536 g/mol. The second-order valence-electron chi connectivity index (χ2n) is 15.9. The lowest BCUT2D eigenvalue weighted by Crippen LogP contribution is -2.75. The van der Waals surface area contributed by atoms with Crippen molar-refractivity contribution < 1.29 is 39.7 Å². The van der Waals surface area contributed by atoms with Crippen molar-refractivity contribution in [3.63, 3.8) is 0 Å². The molecular formula is C34H56O8. The Bertz CT molecular complexity index is 1010. The fraction of sp³-hybridized carbons (Fsp3) is 0.941. The van der Waals surface area contributed by atoms with E-state index in [0.717, 1.165) is 32.1 Å². The molecule has 7 aliphatic rings. The van der Waals surface area contributed by atoms with Crippen molar-refractivity contribution in [3.05, 3.63) is 12.2 Å². The topological polar surface area (TPSA) is 118 Å². The molecule has 15 atom stereocenters. The average molecular weight is 593 g/mol. The van der Waals surface area contributed by atoms with E-state index in [1.807, 2.05) is 0 Å². The molecule has 3 saturated heterocycles. The number of rotatable bonds is 7. The number of ether oxygens (including phenoxy) is 2. The Balaban J connectivity index is 1.18. The highest BCUT2D eigenvalue weighted by Crippen LogP contribution is 2.74. The van der Waals surface area contributed by atoms with Gasteiger partial charge in [0.05, 0.1) is 12.7 Å². The summed E-state index contributed by atoms with van der Waals surface area (Å²) in [5.41, 5.74) is -0.499. The van der Waals surface area contributed by atoms with Gasteiger partial charge in [0.1, 0.15) is 35.6 Å². The van der Waals surface area contributed by atoms with Gasteiger partial charge in [-0.15, -0.1) is 0 Å². The van der Waals surface area contributed by atoms with Gasteiger partial charge >= 0.3 is 0 Å². The molecule has 8 nitrogen and oxygen atoms in total. The first-order valence-electron chi connectivity index (χ1n) is 16.8. The van der Waals surface area contributed by atoms with Crippen LogP contribution < -0.4 is 0 Å². The van der Waals surface area contributed by atoms with Crippen molar-refractivity contribution >= 4 is 0 Å². The summed E-state index contributed by atoms with van der Waals surface area (Å²) in [5.74, 6) is 3.37. The number of fused-ring (bicyclic) bond motifs is 3. The van der Waals surface area contributed by atoms with Crippen LogP contribution in [0.4, 0.5) is 0 Å². The Morgan fingerprint density at radius 3 is 2.26 bits per heavy atom. The molecule has 0 aromatic rings. The molecule has 0 unspecified atom stereocenters. The Morgan fingerprint density at radius 2 is 1.60 bits per heavy atom. The van der Waals surface area contributed by atoms with Crippen LogP contribution in [0, 0.1) is 46.3 Å². The van der Waals surface area contributed by atoms with Gasteiger partial charge in [0.15, 0.2) is 6.29 Å². The molecule has 2 spiro atoms. The monoisotopic (exact) mass is 592 g/mol. The first-order valence-corrected chi connectivity index (χ1v) is 16.8. The molecule has 8 heteroatoms. The normalized spacial score (nSPS) is 53.5. The highest BCUT2D eigenvalue weighted by molar-refractivity contribution is 5.23. The Kier molecular flexibility index (Phi) is 8.26. The summed E-state index contributed by atoms with van der Waals surface area (Å²) in [4.78, 5) is 13.3. The highest BCUT2D eigenvalue weighted by Gasteiger charge is 2.76. The van der Waals surface area contributed by atoms with Crippen molar-refractivity contribution in [2.45, 2.75) is 147 Å². The average Bonchev–Trinajstić information content (AvgIpc) is 3.33. The van der Waals surface area contributed by atoms with E-state index >= 15 is 0 Å². The van der Waals surface area contributed by atoms with Gasteiger partial charge in [-0.25, -0.2) is 9.78 Å². The zero-order valence-corrected chi connectivity index (χ0v) is 26.6. The van der Waals surface area contributed by atoms with E-state index in [4.69, 9.17) is 19.2 Å². The van der Waals surface area contributed by atoms with Crippen LogP contribution in [0.1, 0.15) is 99.3 Å². The third kappa shape index (κ3) is 4.52. The Labute approximate surface area is 252 Å². The fourth-order valence-electron chi connectivity index (χ4n) is 10.8. The van der Waals surface area contributed by atoms with Gasteiger partial charge < -0.3 is 29.9 Å². The maximum atomic E-state index is 10.6. The molecule has 0 aromatic carbocycles. The summed E-state index contributed by atoms with van der Waals surface area (Å²) in [7, 11) is 0. The smallest absolute Gasteiger partial charge is 0.186 e. The molecule has 42 heavy (non-hydrogen) atoms. The number of aliphatic hydroxyl groups is 4. The summed E-state index contributed by atoms with van der Waals surface area (Å²) in [6.45, 7) is 13.8. The zero-order chi connectivity index (χ0) is 30.2. The van der Waals surface area contributed by atoms with Gasteiger partial charge in [-0.05, 0) is 92.3 Å². The lowest BCUT2D eigenvalue weighted by molar-refractivity contribution is -0.537. The van der Waals surface area contributed by atoms with Crippen LogP contribution in [0.25, 0.3) is 0 Å². The van der Waals surface area contributed by atoms with Crippen LogP contribution in [0.2, 0.25) is 0 Å². The standard InChI is InChI=1S/C34H56O8/c1-19(2)20(3)7-8-21(4)23-9-10-25-31(23,5)13-12-26-32(6)14-11-22(17-33(32)15-16-34(25,26)42-41-33)39-30-29(38)28(37)27(36)24(18-35)40-30/h7-8,19-30,35-38H,9-18H2,1-6H3/b8-7+/t20-,21+,22-,23+,24+,25+,26+,27+,28-,29+,30+,31+,32+,33+,34-/m0/s1. The maximum absolute atomic E-state index is 10.6. The molecule has 4 N–H and O–H groups in total. The summed E-state index contributed by atoms with van der Waals surface area (Å²) in [5, 5.41) is 40.6. The van der Waals surface area contributed by atoms with E-state index in [1.54, 1.807) is 0 Å². The second kappa shape index (κ2) is 11.0. The maximum Gasteiger partial charge on any atom is 0.186 e. The van der Waals surface area contributed by atoms with Crippen LogP contribution in [-0.2, 0) is 19.2 Å². The minimum atomic E-state index is -1.44. The van der Waals surface area contributed by atoms with Gasteiger partial charge in [0, 0.05) is 11.8 Å². The summed E-state index contributed by atoms with van der Waals surface area (Å²) < 4.78 is 11.9. The molecule has 4 saturated carbocycles. The van der Waals surface area contributed by atoms with E-state index in [9.17, 15) is 20.4 Å². The van der Waals surface area contributed by atoms with Gasteiger partial charge in [0.2, 0.25) is 0 Å². The number of hydrogen-bond acceptors (Lipinski definition) is 8. The van der Waals surface area contributed by atoms with Gasteiger partial charge in [-0.1, -0.05) is 53.7 Å². The van der Waals surface area contributed by atoms with Gasteiger partial charge in [0.25, 0.3) is 0 Å². The largest absolute Gasteiger partial charge is 0.394 e. The summed E-state index contributed by atoms with van der Waals surface area (Å²) in [6.07, 6.45) is 7.47. The van der Waals surface area contributed by atoms with E-state index in [0.29, 0.717) is 41.9 Å². The first kappa shape index (κ1) is 31.4. The van der Waals surface area contributed by atoms with Crippen LogP contribution in [0.3, 0.4) is 0 Å². The molecule has 3 heterocycles. The van der Waals surface area contributed by atoms with Gasteiger partial charge in [-0.2, -0.15) is 0 Å². The van der Waals surface area contributed by atoms with E-state index in [1.165, 1.54) is 19.3 Å². The third-order valence-corrected chi connectivity index (χ3v) is 13.8. The molecule has 3 aliphatic heterocycles. The van der Waals surface area contributed by atoms with Crippen molar-refractivity contribution in [3.8, 4) is 0 Å². The summed E-state index contributed by atoms with van der Waals surface area (Å²) >= 11 is 0. The van der Waals surface area contributed by atoms with E-state index in [2.05, 4.69) is 53.7 Å². The van der Waals surface area contributed by atoms with Crippen molar-refractivity contribution in [2.75, 3.05) is 6.61 Å². The lowest BCUT2D eigenvalue weighted by Gasteiger charge is -2.72. The molecule has 0 radical (unpaired) electrons. The molecule has 0 aromatic heterocycles. The third-order valence-electron chi connectivity index (χ3n) is 13.8. The van der Waals surface area contributed by atoms with Crippen LogP contribution >= 0.6 is 0 Å². The quantitative estimate of drug-likeness (QED) is 0.194. The minimum Gasteiger partial charge on any atom is -0.394 e. The minimum absolute atomic E-state index is 0.0314. The van der Waals surface area contributed by atoms with Gasteiger partial charge in [-0.3, -0.25) is 0 Å².